The average Bonchev–Trinajstić information content (AvgIpc) is 2.87. The van der Waals surface area contributed by atoms with Crippen molar-refractivity contribution >= 4 is 11.9 Å². The summed E-state index contributed by atoms with van der Waals surface area (Å²) in [5, 5.41) is 11.3. The van der Waals surface area contributed by atoms with Gasteiger partial charge in [-0.1, -0.05) is 30.3 Å². The molecule has 0 spiro atoms. The molecule has 1 aromatic carbocycles. The van der Waals surface area contributed by atoms with Gasteiger partial charge in [0.15, 0.2) is 0 Å². The first kappa shape index (κ1) is 14.5. The van der Waals surface area contributed by atoms with Gasteiger partial charge in [-0.3, -0.25) is 14.5 Å². The van der Waals surface area contributed by atoms with Crippen LogP contribution in [0.15, 0.2) is 30.3 Å². The molecule has 2 N–H and O–H groups in total. The molecule has 20 heavy (non-hydrogen) atoms. The summed E-state index contributed by atoms with van der Waals surface area (Å²) in [6.45, 7) is 1.87. The van der Waals surface area contributed by atoms with E-state index in [0.29, 0.717) is 0 Å². The Labute approximate surface area is 118 Å². The van der Waals surface area contributed by atoms with Crippen LogP contribution in [0.5, 0.6) is 0 Å². The van der Waals surface area contributed by atoms with Gasteiger partial charge in [-0.15, -0.1) is 0 Å². The van der Waals surface area contributed by atoms with Crippen LogP contribution >= 0.6 is 0 Å². The smallest absolute Gasteiger partial charge is 0.305 e. The van der Waals surface area contributed by atoms with Gasteiger partial charge in [0.25, 0.3) is 0 Å². The summed E-state index contributed by atoms with van der Waals surface area (Å²) < 4.78 is 0. The molecule has 1 unspecified atom stereocenters. The van der Waals surface area contributed by atoms with Crippen LogP contribution in [0.1, 0.15) is 24.8 Å². The van der Waals surface area contributed by atoms with E-state index in [-0.39, 0.29) is 24.9 Å². The van der Waals surface area contributed by atoms with Crippen molar-refractivity contribution in [1.82, 2.24) is 10.2 Å². The standard InChI is InChI=1S/C15H20N2O3/c18-14(19)8-9-16-15(20)13-7-4-10-17(13)11-12-5-2-1-3-6-12/h1-3,5-6,13H,4,7-11H2,(H,16,20)(H,18,19). The maximum atomic E-state index is 12.1. The highest BCUT2D eigenvalue weighted by Crippen LogP contribution is 2.20. The third-order valence-corrected chi connectivity index (χ3v) is 3.53. The third-order valence-electron chi connectivity index (χ3n) is 3.53. The monoisotopic (exact) mass is 276 g/mol. The summed E-state index contributed by atoms with van der Waals surface area (Å²) in [6.07, 6.45) is 1.81. The minimum absolute atomic E-state index is 0.0306. The maximum Gasteiger partial charge on any atom is 0.305 e. The van der Waals surface area contributed by atoms with Crippen molar-refractivity contribution in [3.63, 3.8) is 0 Å². The minimum Gasteiger partial charge on any atom is -0.481 e. The molecule has 1 aromatic rings. The van der Waals surface area contributed by atoms with E-state index in [1.807, 2.05) is 18.2 Å². The van der Waals surface area contributed by atoms with Crippen LogP contribution in [0.25, 0.3) is 0 Å². The molecule has 0 aromatic heterocycles. The molecule has 2 rings (SSSR count). The number of carbonyl (C=O) groups excluding carboxylic acids is 1. The van der Waals surface area contributed by atoms with Gasteiger partial charge in [-0.2, -0.15) is 0 Å². The SMILES string of the molecule is O=C(O)CCNC(=O)C1CCCN1Cc1ccccc1. The predicted molar refractivity (Wildman–Crippen MR) is 75.1 cm³/mol. The summed E-state index contributed by atoms with van der Waals surface area (Å²) in [5.41, 5.74) is 1.19. The zero-order valence-electron chi connectivity index (χ0n) is 11.4. The molecule has 108 valence electrons. The van der Waals surface area contributed by atoms with Gasteiger partial charge in [0.1, 0.15) is 0 Å². The number of hydrogen-bond acceptors (Lipinski definition) is 3. The highest BCUT2D eigenvalue weighted by Gasteiger charge is 2.30. The third kappa shape index (κ3) is 4.06. The van der Waals surface area contributed by atoms with Gasteiger partial charge in [0.2, 0.25) is 5.91 Å². The van der Waals surface area contributed by atoms with Crippen LogP contribution < -0.4 is 5.32 Å². The van der Waals surface area contributed by atoms with Crippen LogP contribution in [0.3, 0.4) is 0 Å². The first-order chi connectivity index (χ1) is 9.66. The lowest BCUT2D eigenvalue weighted by atomic mass is 10.1. The lowest BCUT2D eigenvalue weighted by Crippen LogP contribution is -2.43. The largest absolute Gasteiger partial charge is 0.481 e. The van der Waals surface area contributed by atoms with E-state index in [4.69, 9.17) is 5.11 Å². The lowest BCUT2D eigenvalue weighted by molar-refractivity contribution is -0.137. The number of aliphatic carboxylic acids is 1. The van der Waals surface area contributed by atoms with Crippen LogP contribution in [0.2, 0.25) is 0 Å². The van der Waals surface area contributed by atoms with E-state index in [1.54, 1.807) is 0 Å². The number of benzene rings is 1. The van der Waals surface area contributed by atoms with Crippen LogP contribution in [-0.2, 0) is 16.1 Å². The van der Waals surface area contributed by atoms with Crippen molar-refractivity contribution in [2.24, 2.45) is 0 Å². The predicted octanol–water partition coefficient (Wildman–Crippen LogP) is 1.24. The van der Waals surface area contributed by atoms with Crippen molar-refractivity contribution < 1.29 is 14.7 Å². The van der Waals surface area contributed by atoms with Crippen LogP contribution in [-0.4, -0.2) is 41.0 Å². The molecule has 0 radical (unpaired) electrons. The molecular weight excluding hydrogens is 256 g/mol. The Morgan fingerprint density at radius 1 is 1.30 bits per heavy atom. The molecule has 1 saturated heterocycles. The average molecular weight is 276 g/mol. The molecule has 1 heterocycles. The molecule has 5 heteroatoms. The lowest BCUT2D eigenvalue weighted by Gasteiger charge is -2.23. The minimum atomic E-state index is -0.891. The molecule has 1 fully saturated rings. The quantitative estimate of drug-likeness (QED) is 0.820. The van der Waals surface area contributed by atoms with Crippen LogP contribution in [0.4, 0.5) is 0 Å². The van der Waals surface area contributed by atoms with E-state index >= 15 is 0 Å². The zero-order chi connectivity index (χ0) is 14.4. The van der Waals surface area contributed by atoms with Gasteiger partial charge < -0.3 is 10.4 Å². The Morgan fingerprint density at radius 3 is 2.75 bits per heavy atom. The van der Waals surface area contributed by atoms with Gasteiger partial charge in [0.05, 0.1) is 12.5 Å². The molecule has 0 aliphatic carbocycles. The Morgan fingerprint density at radius 2 is 2.05 bits per heavy atom. The van der Waals surface area contributed by atoms with Gasteiger partial charge >= 0.3 is 5.97 Å². The number of nitrogens with one attached hydrogen (secondary N) is 1. The van der Waals surface area contributed by atoms with Crippen molar-refractivity contribution in [1.29, 1.82) is 0 Å². The Kier molecular flexibility index (Phi) is 5.12. The summed E-state index contributed by atoms with van der Waals surface area (Å²) in [6, 6.07) is 9.93. The van der Waals surface area contributed by atoms with E-state index in [1.165, 1.54) is 5.56 Å². The fourth-order valence-corrected chi connectivity index (χ4v) is 2.54. The number of carboxylic acid groups (broad SMARTS) is 1. The molecule has 1 aliphatic heterocycles. The van der Waals surface area contributed by atoms with Crippen molar-refractivity contribution in [3.8, 4) is 0 Å². The number of carboxylic acids is 1. The Bertz CT molecular complexity index is 461. The fourth-order valence-electron chi connectivity index (χ4n) is 2.54. The molecule has 1 atom stereocenters. The summed E-state index contributed by atoms with van der Waals surface area (Å²) >= 11 is 0. The number of likely N-dealkylation sites (tertiary alicyclic amines) is 1. The highest BCUT2D eigenvalue weighted by molar-refractivity contribution is 5.82. The second-order valence-electron chi connectivity index (χ2n) is 5.05. The summed E-state index contributed by atoms with van der Waals surface area (Å²) in [5.74, 6) is -0.947. The highest BCUT2D eigenvalue weighted by atomic mass is 16.4. The van der Waals surface area contributed by atoms with Crippen molar-refractivity contribution in [3.05, 3.63) is 35.9 Å². The maximum absolute atomic E-state index is 12.1. The number of rotatable bonds is 6. The number of hydrogen-bond donors (Lipinski definition) is 2. The van der Waals surface area contributed by atoms with E-state index in [9.17, 15) is 9.59 Å². The van der Waals surface area contributed by atoms with Crippen molar-refractivity contribution in [2.75, 3.05) is 13.1 Å². The molecule has 5 nitrogen and oxygen atoms in total. The normalized spacial score (nSPS) is 18.9. The molecular formula is C15H20N2O3. The number of amides is 1. The van der Waals surface area contributed by atoms with E-state index in [2.05, 4.69) is 22.3 Å². The number of carbonyl (C=O) groups is 2. The topological polar surface area (TPSA) is 69.6 Å². The second-order valence-corrected chi connectivity index (χ2v) is 5.05. The van der Waals surface area contributed by atoms with Gasteiger partial charge in [-0.05, 0) is 24.9 Å². The van der Waals surface area contributed by atoms with Gasteiger partial charge in [-0.25, -0.2) is 0 Å². The molecule has 0 saturated carbocycles. The summed E-state index contributed by atoms with van der Waals surface area (Å²) in [7, 11) is 0. The van der Waals surface area contributed by atoms with Crippen LogP contribution in [0, 0.1) is 0 Å². The Balaban J connectivity index is 1.87. The molecule has 1 aliphatic rings. The number of nitrogens with zero attached hydrogens (tertiary/aromatic N) is 1. The first-order valence-electron chi connectivity index (χ1n) is 6.94. The first-order valence-corrected chi connectivity index (χ1v) is 6.94. The van der Waals surface area contributed by atoms with Gasteiger partial charge in [0, 0.05) is 13.1 Å². The summed E-state index contributed by atoms with van der Waals surface area (Å²) in [4.78, 5) is 24.7. The van der Waals surface area contributed by atoms with E-state index < -0.39 is 5.97 Å². The second kappa shape index (κ2) is 7.05. The fraction of sp³-hybridized carbons (Fsp3) is 0.467. The molecule has 1 amide bonds. The van der Waals surface area contributed by atoms with Crippen molar-refractivity contribution in [2.45, 2.75) is 31.8 Å². The Hall–Kier alpha value is -1.88. The van der Waals surface area contributed by atoms with E-state index in [0.717, 1.165) is 25.9 Å². The molecule has 0 bridgehead atoms. The zero-order valence-corrected chi connectivity index (χ0v) is 11.4.